The monoisotopic (exact) mass is 450 g/mol. The number of aromatic nitrogens is 3. The van der Waals surface area contributed by atoms with Gasteiger partial charge in [0.25, 0.3) is 5.91 Å². The van der Waals surface area contributed by atoms with E-state index in [9.17, 15) is 4.79 Å². The third-order valence-electron chi connectivity index (χ3n) is 3.77. The van der Waals surface area contributed by atoms with Gasteiger partial charge in [0.2, 0.25) is 0 Å². The predicted molar refractivity (Wildman–Crippen MR) is 115 cm³/mol. The molecule has 2 aromatic heterocycles. The Balaban J connectivity index is 1.60. The second-order valence-electron chi connectivity index (χ2n) is 6.00. The molecule has 0 aliphatic carbocycles. The summed E-state index contributed by atoms with van der Waals surface area (Å²) in [6.07, 6.45) is 1.58. The van der Waals surface area contributed by atoms with Crippen molar-refractivity contribution in [2.24, 2.45) is 0 Å². The smallest absolute Gasteiger partial charge is 0.262 e. The molecule has 1 N–H and O–H groups in total. The molecule has 0 saturated heterocycles. The molecule has 3 aromatic rings. The highest BCUT2D eigenvalue weighted by molar-refractivity contribution is 8.00. The molecule has 152 valence electrons. The van der Waals surface area contributed by atoms with Crippen LogP contribution in [0, 0.1) is 13.8 Å². The summed E-state index contributed by atoms with van der Waals surface area (Å²) in [6.45, 7) is 3.64. The Hall–Kier alpha value is -2.36. The molecular weight excluding hydrogens is 432 g/mol. The van der Waals surface area contributed by atoms with Gasteiger partial charge in [0.15, 0.2) is 22.4 Å². The minimum absolute atomic E-state index is 0.173. The fourth-order valence-corrected chi connectivity index (χ4v) is 4.19. The molecule has 0 aliphatic rings. The largest absolute Gasteiger partial charge is 0.491 e. The van der Waals surface area contributed by atoms with Gasteiger partial charge in [-0.15, -0.1) is 10.2 Å². The number of nitrogens with zero attached hydrogens (tertiary/aromatic N) is 3. The number of ether oxygens (including phenoxy) is 2. The van der Waals surface area contributed by atoms with Crippen molar-refractivity contribution in [3.05, 3.63) is 51.7 Å². The van der Waals surface area contributed by atoms with Crippen molar-refractivity contribution < 1.29 is 14.3 Å². The second-order valence-corrected chi connectivity index (χ2v) is 8.81. The number of benzene rings is 1. The quantitative estimate of drug-likeness (QED) is 0.505. The van der Waals surface area contributed by atoms with Crippen LogP contribution < -0.4 is 14.8 Å². The van der Waals surface area contributed by atoms with Crippen LogP contribution in [0.1, 0.15) is 16.3 Å². The molecule has 1 aromatic carbocycles. The molecule has 7 nitrogen and oxygen atoms in total. The van der Waals surface area contributed by atoms with E-state index in [0.29, 0.717) is 28.0 Å². The molecular formula is C19H19ClN4O3S2. The van der Waals surface area contributed by atoms with Crippen LogP contribution in [-0.2, 0) is 10.5 Å². The Bertz CT molecular complexity index is 1010. The van der Waals surface area contributed by atoms with E-state index in [1.807, 2.05) is 19.9 Å². The van der Waals surface area contributed by atoms with E-state index in [0.717, 1.165) is 20.6 Å². The molecule has 0 radical (unpaired) electrons. The van der Waals surface area contributed by atoms with Gasteiger partial charge in [0.1, 0.15) is 5.01 Å². The van der Waals surface area contributed by atoms with Gasteiger partial charge >= 0.3 is 0 Å². The van der Waals surface area contributed by atoms with E-state index in [1.54, 1.807) is 24.4 Å². The fourth-order valence-electron chi connectivity index (χ4n) is 2.29. The number of hydrogen-bond acceptors (Lipinski definition) is 8. The lowest BCUT2D eigenvalue weighted by molar-refractivity contribution is -0.118. The maximum atomic E-state index is 12.2. The van der Waals surface area contributed by atoms with Crippen molar-refractivity contribution in [2.75, 3.05) is 19.0 Å². The second kappa shape index (κ2) is 9.91. The van der Waals surface area contributed by atoms with Crippen molar-refractivity contribution in [3.63, 3.8) is 0 Å². The summed E-state index contributed by atoms with van der Waals surface area (Å²) in [4.78, 5) is 16.6. The van der Waals surface area contributed by atoms with Crippen LogP contribution in [0.25, 0.3) is 0 Å². The van der Waals surface area contributed by atoms with Gasteiger partial charge in [-0.05, 0) is 31.5 Å². The number of rotatable bonds is 8. The summed E-state index contributed by atoms with van der Waals surface area (Å²) in [6, 6.07) is 7.09. The van der Waals surface area contributed by atoms with Gasteiger partial charge in [0, 0.05) is 22.5 Å². The first-order valence-corrected chi connectivity index (χ1v) is 10.8. The number of aryl methyl sites for hydroxylation is 2. The van der Waals surface area contributed by atoms with Crippen LogP contribution >= 0.6 is 34.7 Å². The summed E-state index contributed by atoms with van der Waals surface area (Å²) in [5, 5.41) is 12.3. The molecule has 0 atom stereocenters. The van der Waals surface area contributed by atoms with Crippen molar-refractivity contribution in [3.8, 4) is 11.5 Å². The number of hydrogen-bond donors (Lipinski definition) is 1. The molecule has 0 bridgehead atoms. The van der Waals surface area contributed by atoms with E-state index in [1.165, 1.54) is 30.2 Å². The number of thioether (sulfide) groups is 1. The highest BCUT2D eigenvalue weighted by atomic mass is 35.5. The lowest BCUT2D eigenvalue weighted by atomic mass is 10.2. The van der Waals surface area contributed by atoms with E-state index >= 15 is 0 Å². The number of amides is 1. The van der Waals surface area contributed by atoms with Crippen LogP contribution in [-0.4, -0.2) is 34.8 Å². The molecule has 3 rings (SSSR count). The Kier molecular flexibility index (Phi) is 7.29. The Morgan fingerprint density at radius 3 is 2.76 bits per heavy atom. The summed E-state index contributed by atoms with van der Waals surface area (Å²) in [7, 11) is 1.52. The lowest BCUT2D eigenvalue weighted by Gasteiger charge is -2.12. The molecule has 0 spiro atoms. The molecule has 29 heavy (non-hydrogen) atoms. The summed E-state index contributed by atoms with van der Waals surface area (Å²) in [5.74, 6) is 1.20. The number of methoxy groups -OCH3 is 1. The van der Waals surface area contributed by atoms with Gasteiger partial charge in [-0.2, -0.15) is 0 Å². The van der Waals surface area contributed by atoms with E-state index in [-0.39, 0.29) is 12.5 Å². The minimum atomic E-state index is -0.302. The van der Waals surface area contributed by atoms with E-state index < -0.39 is 0 Å². The van der Waals surface area contributed by atoms with Crippen LogP contribution in [0.5, 0.6) is 11.5 Å². The molecule has 0 saturated carbocycles. The first-order chi connectivity index (χ1) is 13.9. The van der Waals surface area contributed by atoms with Gasteiger partial charge < -0.3 is 14.8 Å². The average Bonchev–Trinajstić information content (AvgIpc) is 3.13. The van der Waals surface area contributed by atoms with Crippen LogP contribution in [0.3, 0.4) is 0 Å². The van der Waals surface area contributed by atoms with Crippen molar-refractivity contribution in [1.82, 2.24) is 15.2 Å². The minimum Gasteiger partial charge on any atom is -0.491 e. The third-order valence-corrected chi connectivity index (χ3v) is 6.19. The standard InChI is InChI=1S/C19H19ClN4O3S2/c1-11-4-5-13(6-15(11)20)22-18(25)9-27-16-7-14(21-8-17(16)26-3)10-28-19-24-23-12(2)29-19/h4-8H,9-10H2,1-3H3,(H,22,25). The summed E-state index contributed by atoms with van der Waals surface area (Å²) < 4.78 is 11.8. The summed E-state index contributed by atoms with van der Waals surface area (Å²) >= 11 is 9.16. The van der Waals surface area contributed by atoms with E-state index in [2.05, 4.69) is 20.5 Å². The van der Waals surface area contributed by atoms with Crippen LogP contribution in [0.2, 0.25) is 5.02 Å². The molecule has 1 amide bonds. The molecule has 0 fully saturated rings. The Morgan fingerprint density at radius 2 is 2.07 bits per heavy atom. The topological polar surface area (TPSA) is 86.2 Å². The first kappa shape index (κ1) is 21.4. The number of halogens is 1. The van der Waals surface area contributed by atoms with E-state index in [4.69, 9.17) is 21.1 Å². The van der Waals surface area contributed by atoms with Crippen molar-refractivity contribution in [2.45, 2.75) is 23.9 Å². The highest BCUT2D eigenvalue weighted by Gasteiger charge is 2.12. The molecule has 0 aliphatic heterocycles. The number of pyridine rings is 1. The average molecular weight is 451 g/mol. The van der Waals surface area contributed by atoms with Gasteiger partial charge in [-0.25, -0.2) is 0 Å². The zero-order chi connectivity index (χ0) is 20.8. The number of carbonyl (C=O) groups is 1. The van der Waals surface area contributed by atoms with Crippen LogP contribution in [0.4, 0.5) is 5.69 Å². The van der Waals surface area contributed by atoms with Gasteiger partial charge in [-0.3, -0.25) is 9.78 Å². The number of nitrogens with one attached hydrogen (secondary N) is 1. The van der Waals surface area contributed by atoms with Gasteiger partial charge in [-0.1, -0.05) is 40.8 Å². The molecule has 0 unspecified atom stereocenters. The summed E-state index contributed by atoms with van der Waals surface area (Å²) in [5.41, 5.74) is 2.33. The number of anilines is 1. The lowest BCUT2D eigenvalue weighted by Crippen LogP contribution is -2.20. The normalized spacial score (nSPS) is 10.6. The third kappa shape index (κ3) is 6.06. The molecule has 10 heteroatoms. The van der Waals surface area contributed by atoms with Crippen LogP contribution in [0.15, 0.2) is 34.8 Å². The highest BCUT2D eigenvalue weighted by Crippen LogP contribution is 2.30. The maximum Gasteiger partial charge on any atom is 0.262 e. The van der Waals surface area contributed by atoms with Gasteiger partial charge in [0.05, 0.1) is 19.0 Å². The van der Waals surface area contributed by atoms with Crippen molar-refractivity contribution >= 4 is 46.3 Å². The van der Waals surface area contributed by atoms with Crippen molar-refractivity contribution in [1.29, 1.82) is 0 Å². The Morgan fingerprint density at radius 1 is 1.24 bits per heavy atom. The zero-order valence-electron chi connectivity index (χ0n) is 16.1. The SMILES string of the molecule is COc1cnc(CSc2nnc(C)s2)cc1OCC(=O)Nc1ccc(C)c(Cl)c1. The first-order valence-electron chi connectivity index (χ1n) is 8.59. The zero-order valence-corrected chi connectivity index (χ0v) is 18.5. The predicted octanol–water partition coefficient (Wildman–Crippen LogP) is 4.52. The number of carbonyl (C=O) groups excluding carboxylic acids is 1. The maximum absolute atomic E-state index is 12.2. The Labute approximate surface area is 181 Å². The molecule has 2 heterocycles. The fraction of sp³-hybridized carbons (Fsp3) is 0.263.